The van der Waals surface area contributed by atoms with E-state index >= 15 is 0 Å². The van der Waals surface area contributed by atoms with E-state index in [-0.39, 0.29) is 5.41 Å². The Morgan fingerprint density at radius 3 is 2.68 bits per heavy atom. The molecule has 7 heteroatoms. The molecule has 1 atom stereocenters. The third-order valence-corrected chi connectivity index (χ3v) is 4.70. The molecule has 0 aromatic heterocycles. The third kappa shape index (κ3) is 3.08. The van der Waals surface area contributed by atoms with Crippen molar-refractivity contribution in [2.75, 3.05) is 13.1 Å². The van der Waals surface area contributed by atoms with Gasteiger partial charge in [0.2, 0.25) is 5.91 Å². The van der Waals surface area contributed by atoms with E-state index in [2.05, 4.69) is 10.6 Å². The van der Waals surface area contributed by atoms with Crippen LogP contribution < -0.4 is 10.6 Å². The minimum absolute atomic E-state index is 0.304. The first-order valence-corrected chi connectivity index (χ1v) is 7.54. The smallest absolute Gasteiger partial charge is 0.262 e. The van der Waals surface area contributed by atoms with E-state index in [1.54, 1.807) is 6.07 Å². The second kappa shape index (κ2) is 5.42. The van der Waals surface area contributed by atoms with Crippen molar-refractivity contribution in [3.05, 3.63) is 34.6 Å². The van der Waals surface area contributed by atoms with Crippen molar-refractivity contribution in [3.8, 4) is 0 Å². The molecule has 2 aliphatic rings. The summed E-state index contributed by atoms with van der Waals surface area (Å²) in [6, 6.07) is 3.34. The zero-order valence-electron chi connectivity index (χ0n) is 11.8. The summed E-state index contributed by atoms with van der Waals surface area (Å²) in [4.78, 5) is 12.0. The normalized spacial score (nSPS) is 25.0. The number of benzene rings is 1. The highest BCUT2D eigenvalue weighted by Gasteiger charge is 2.47. The van der Waals surface area contributed by atoms with Crippen molar-refractivity contribution >= 4 is 17.5 Å². The van der Waals surface area contributed by atoms with Gasteiger partial charge in [-0.1, -0.05) is 17.7 Å². The Morgan fingerprint density at radius 2 is 2.14 bits per heavy atom. The van der Waals surface area contributed by atoms with E-state index in [1.165, 1.54) is 12.1 Å². The second-order valence-corrected chi connectivity index (χ2v) is 6.52. The molecule has 3 rings (SSSR count). The van der Waals surface area contributed by atoms with Gasteiger partial charge in [0.25, 0.3) is 5.92 Å². The fraction of sp³-hybridized carbons (Fsp3) is 0.533. The molecule has 1 saturated heterocycles. The van der Waals surface area contributed by atoms with E-state index < -0.39 is 36.7 Å². The minimum atomic E-state index is -2.83. The Labute approximate surface area is 131 Å². The van der Waals surface area contributed by atoms with Crippen LogP contribution in [0.15, 0.2) is 18.2 Å². The molecule has 2 N–H and O–H groups in total. The number of amides is 1. The number of carbonyl (C=O) groups excluding carboxylic acids is 1. The molecule has 120 valence electrons. The maximum absolute atomic E-state index is 13.1. The number of carbonyl (C=O) groups is 1. The SMILES string of the molecule is O=C(NCC1(c2ccc(F)cc2Cl)CC1)C1CC(F)(F)CN1. The molecule has 1 aliphatic heterocycles. The topological polar surface area (TPSA) is 41.1 Å². The van der Waals surface area contributed by atoms with E-state index in [4.69, 9.17) is 11.6 Å². The van der Waals surface area contributed by atoms with Crippen LogP contribution in [-0.2, 0) is 10.2 Å². The Balaban J connectivity index is 1.62. The Bertz CT molecular complexity index is 604. The summed E-state index contributed by atoms with van der Waals surface area (Å²) in [6.07, 6.45) is 1.17. The molecule has 1 saturated carbocycles. The first kappa shape index (κ1) is 15.6. The van der Waals surface area contributed by atoms with Crippen LogP contribution in [0.3, 0.4) is 0 Å². The van der Waals surface area contributed by atoms with Crippen molar-refractivity contribution in [2.45, 2.75) is 36.6 Å². The van der Waals surface area contributed by atoms with Crippen LogP contribution in [0, 0.1) is 5.82 Å². The molecular weight excluding hydrogens is 317 g/mol. The lowest BCUT2D eigenvalue weighted by atomic mass is 9.95. The molecule has 1 aromatic carbocycles. The maximum atomic E-state index is 13.1. The molecule has 1 heterocycles. The van der Waals surface area contributed by atoms with Gasteiger partial charge in [-0.3, -0.25) is 10.1 Å². The highest BCUT2D eigenvalue weighted by atomic mass is 35.5. The predicted octanol–water partition coefficient (Wildman–Crippen LogP) is 2.62. The standard InChI is InChI=1S/C15H16ClF3N2O/c16-11-5-9(17)1-2-10(11)14(3-4-14)7-21-13(22)12-6-15(18,19)8-20-12/h1-2,5,12,20H,3-4,6-8H2,(H,21,22). The molecule has 1 aromatic rings. The van der Waals surface area contributed by atoms with Crippen LogP contribution in [-0.4, -0.2) is 31.0 Å². The van der Waals surface area contributed by atoms with Gasteiger partial charge in [0, 0.05) is 23.4 Å². The van der Waals surface area contributed by atoms with Gasteiger partial charge < -0.3 is 5.32 Å². The summed E-state index contributed by atoms with van der Waals surface area (Å²) in [5.74, 6) is -3.67. The van der Waals surface area contributed by atoms with Crippen LogP contribution in [0.4, 0.5) is 13.2 Å². The summed E-state index contributed by atoms with van der Waals surface area (Å²) in [5, 5.41) is 5.57. The zero-order valence-corrected chi connectivity index (χ0v) is 12.5. The Hall–Kier alpha value is -1.27. The fourth-order valence-electron chi connectivity index (χ4n) is 2.89. The lowest BCUT2D eigenvalue weighted by Crippen LogP contribution is -2.43. The summed E-state index contributed by atoms with van der Waals surface area (Å²) >= 11 is 6.07. The highest BCUT2D eigenvalue weighted by molar-refractivity contribution is 6.31. The van der Waals surface area contributed by atoms with Crippen molar-refractivity contribution in [2.24, 2.45) is 0 Å². The average Bonchev–Trinajstić information content (AvgIpc) is 3.13. The van der Waals surface area contributed by atoms with Gasteiger partial charge in [0.15, 0.2) is 0 Å². The molecule has 0 spiro atoms. The molecule has 1 unspecified atom stereocenters. The van der Waals surface area contributed by atoms with Gasteiger partial charge in [0.05, 0.1) is 12.6 Å². The van der Waals surface area contributed by atoms with Gasteiger partial charge >= 0.3 is 0 Å². The van der Waals surface area contributed by atoms with Crippen molar-refractivity contribution in [3.63, 3.8) is 0 Å². The van der Waals surface area contributed by atoms with Crippen molar-refractivity contribution in [1.82, 2.24) is 10.6 Å². The van der Waals surface area contributed by atoms with Crippen molar-refractivity contribution in [1.29, 1.82) is 0 Å². The molecule has 2 fully saturated rings. The highest BCUT2D eigenvalue weighted by Crippen LogP contribution is 2.50. The Morgan fingerprint density at radius 1 is 1.41 bits per heavy atom. The van der Waals surface area contributed by atoms with Gasteiger partial charge in [-0.2, -0.15) is 0 Å². The lowest BCUT2D eigenvalue weighted by molar-refractivity contribution is -0.123. The lowest BCUT2D eigenvalue weighted by Gasteiger charge is -2.19. The van der Waals surface area contributed by atoms with Crippen LogP contribution >= 0.6 is 11.6 Å². The molecule has 22 heavy (non-hydrogen) atoms. The summed E-state index contributed by atoms with van der Waals surface area (Å²) < 4.78 is 39.3. The maximum Gasteiger partial charge on any atom is 0.262 e. The first-order valence-electron chi connectivity index (χ1n) is 7.16. The largest absolute Gasteiger partial charge is 0.354 e. The molecule has 0 bridgehead atoms. The first-order chi connectivity index (χ1) is 10.3. The van der Waals surface area contributed by atoms with Gasteiger partial charge in [-0.05, 0) is 30.5 Å². The van der Waals surface area contributed by atoms with Crippen LogP contribution in [0.25, 0.3) is 0 Å². The van der Waals surface area contributed by atoms with Crippen molar-refractivity contribution < 1.29 is 18.0 Å². The second-order valence-electron chi connectivity index (χ2n) is 6.12. The van der Waals surface area contributed by atoms with Gasteiger partial charge in [-0.25, -0.2) is 13.2 Å². The number of hydrogen-bond acceptors (Lipinski definition) is 2. The third-order valence-electron chi connectivity index (χ3n) is 4.38. The monoisotopic (exact) mass is 332 g/mol. The molecule has 0 radical (unpaired) electrons. The quantitative estimate of drug-likeness (QED) is 0.890. The van der Waals surface area contributed by atoms with E-state index in [1.807, 2.05) is 0 Å². The van der Waals surface area contributed by atoms with Crippen LogP contribution in [0.2, 0.25) is 5.02 Å². The summed E-state index contributed by atoms with van der Waals surface area (Å²) in [5.41, 5.74) is 0.488. The van der Waals surface area contributed by atoms with E-state index in [9.17, 15) is 18.0 Å². The summed E-state index contributed by atoms with van der Waals surface area (Å²) in [7, 11) is 0. The van der Waals surface area contributed by atoms with E-state index in [0.717, 1.165) is 18.4 Å². The number of nitrogens with one attached hydrogen (secondary N) is 2. The van der Waals surface area contributed by atoms with Crippen LogP contribution in [0.1, 0.15) is 24.8 Å². The molecule has 1 amide bonds. The summed E-state index contributed by atoms with van der Waals surface area (Å²) in [6.45, 7) is -0.152. The van der Waals surface area contributed by atoms with Crippen LogP contribution in [0.5, 0.6) is 0 Å². The zero-order chi connectivity index (χ0) is 16.0. The molecule has 1 aliphatic carbocycles. The van der Waals surface area contributed by atoms with E-state index in [0.29, 0.717) is 11.6 Å². The molecular formula is C15H16ClF3N2O. The average molecular weight is 333 g/mol. The number of halogens is 4. The Kier molecular flexibility index (Phi) is 3.85. The minimum Gasteiger partial charge on any atom is -0.354 e. The number of hydrogen-bond donors (Lipinski definition) is 2. The fourth-order valence-corrected chi connectivity index (χ4v) is 3.26. The number of rotatable bonds is 4. The molecule has 3 nitrogen and oxygen atoms in total. The predicted molar refractivity (Wildman–Crippen MR) is 76.7 cm³/mol. The van der Waals surface area contributed by atoms with Gasteiger partial charge in [0.1, 0.15) is 5.82 Å². The van der Waals surface area contributed by atoms with Gasteiger partial charge in [-0.15, -0.1) is 0 Å². The number of alkyl halides is 2.